The minimum atomic E-state index is -3.04. The van der Waals surface area contributed by atoms with Crippen molar-refractivity contribution in [2.45, 2.75) is 29.8 Å². The average molecular weight is 388 g/mol. The molecule has 1 N–H and O–H groups in total. The average Bonchev–Trinajstić information content (AvgIpc) is 3.12. The van der Waals surface area contributed by atoms with Crippen LogP contribution in [0.1, 0.15) is 13.3 Å². The second-order valence-corrected chi connectivity index (χ2v) is 10.2. The van der Waals surface area contributed by atoms with Crippen molar-refractivity contribution in [1.29, 1.82) is 0 Å². The molecule has 0 aliphatic carbocycles. The highest BCUT2D eigenvalue weighted by molar-refractivity contribution is 8.00. The van der Waals surface area contributed by atoms with E-state index in [0.29, 0.717) is 21.8 Å². The van der Waals surface area contributed by atoms with E-state index in [0.717, 1.165) is 0 Å². The molecule has 130 valence electrons. The van der Waals surface area contributed by atoms with Crippen LogP contribution in [0.5, 0.6) is 0 Å². The number of hydrogen-bond acceptors (Lipinski definition) is 7. The third kappa shape index (κ3) is 3.50. The van der Waals surface area contributed by atoms with Crippen LogP contribution >= 0.6 is 23.1 Å². The van der Waals surface area contributed by atoms with Crippen LogP contribution in [-0.2, 0) is 14.6 Å². The number of aromatic nitrogens is 2. The molecular formula is C14H17N3O4S3. The van der Waals surface area contributed by atoms with Crippen molar-refractivity contribution in [3.05, 3.63) is 21.8 Å². The smallest absolute Gasteiger partial charge is 0.260 e. The van der Waals surface area contributed by atoms with E-state index in [4.69, 9.17) is 0 Å². The zero-order chi connectivity index (χ0) is 17.5. The van der Waals surface area contributed by atoms with Crippen molar-refractivity contribution in [2.75, 3.05) is 18.6 Å². The summed E-state index contributed by atoms with van der Waals surface area (Å²) in [5.74, 6) is -0.0279. The lowest BCUT2D eigenvalue weighted by Gasteiger charge is -2.26. The van der Waals surface area contributed by atoms with Gasteiger partial charge >= 0.3 is 0 Å². The standard InChI is InChI=1S/C14H17N3O4S3/c1-8(13(19)17(2)9-4-6-24(20,21)7-9)23-14-15-11(18)10-3-5-22-12(10)16-14/h3,5,8-9H,4,6-7H2,1-2H3,(H,15,16,18)/t8-,9-/m0/s1. The van der Waals surface area contributed by atoms with Crippen LogP contribution in [0.2, 0.25) is 0 Å². The molecule has 1 aliphatic heterocycles. The summed E-state index contributed by atoms with van der Waals surface area (Å²) < 4.78 is 23.1. The van der Waals surface area contributed by atoms with Gasteiger partial charge in [-0.15, -0.1) is 11.3 Å². The molecule has 0 aromatic carbocycles. The van der Waals surface area contributed by atoms with Crippen molar-refractivity contribution >= 4 is 49.1 Å². The van der Waals surface area contributed by atoms with Gasteiger partial charge in [0.1, 0.15) is 4.83 Å². The Morgan fingerprint density at radius 2 is 2.29 bits per heavy atom. The minimum Gasteiger partial charge on any atom is -0.341 e. The van der Waals surface area contributed by atoms with E-state index in [1.54, 1.807) is 25.4 Å². The van der Waals surface area contributed by atoms with Crippen molar-refractivity contribution in [1.82, 2.24) is 14.9 Å². The number of carbonyl (C=O) groups excluding carboxylic acids is 1. The molecular weight excluding hydrogens is 370 g/mol. The Kier molecular flexibility index (Phi) is 4.71. The zero-order valence-electron chi connectivity index (χ0n) is 13.2. The summed E-state index contributed by atoms with van der Waals surface area (Å²) >= 11 is 2.54. The molecule has 24 heavy (non-hydrogen) atoms. The van der Waals surface area contributed by atoms with Crippen molar-refractivity contribution < 1.29 is 13.2 Å². The Labute approximate surface area is 147 Å². The third-order valence-electron chi connectivity index (χ3n) is 4.05. The van der Waals surface area contributed by atoms with Gasteiger partial charge in [0, 0.05) is 13.1 Å². The minimum absolute atomic E-state index is 0.0167. The van der Waals surface area contributed by atoms with Crippen LogP contribution < -0.4 is 5.56 Å². The van der Waals surface area contributed by atoms with Crippen LogP contribution in [0.4, 0.5) is 0 Å². The van der Waals surface area contributed by atoms with Gasteiger partial charge in [-0.2, -0.15) is 0 Å². The molecule has 0 spiro atoms. The number of fused-ring (bicyclic) bond motifs is 1. The Hall–Kier alpha value is -1.39. The maximum atomic E-state index is 12.5. The zero-order valence-corrected chi connectivity index (χ0v) is 15.6. The SMILES string of the molecule is C[C@H](Sc1nc2sccc2c(=O)[nH]1)C(=O)N(C)[C@H]1CCS(=O)(=O)C1. The van der Waals surface area contributed by atoms with Gasteiger partial charge in [0.15, 0.2) is 15.0 Å². The fourth-order valence-electron chi connectivity index (χ4n) is 2.67. The summed E-state index contributed by atoms with van der Waals surface area (Å²) in [6, 6.07) is 1.43. The highest BCUT2D eigenvalue weighted by atomic mass is 32.2. The lowest BCUT2D eigenvalue weighted by molar-refractivity contribution is -0.130. The first-order chi connectivity index (χ1) is 11.3. The molecule has 3 rings (SSSR count). The summed E-state index contributed by atoms with van der Waals surface area (Å²) in [6.45, 7) is 1.73. The molecule has 10 heteroatoms. The van der Waals surface area contributed by atoms with Gasteiger partial charge in [-0.1, -0.05) is 11.8 Å². The molecule has 3 heterocycles. The van der Waals surface area contributed by atoms with E-state index >= 15 is 0 Å². The first-order valence-electron chi connectivity index (χ1n) is 7.38. The summed E-state index contributed by atoms with van der Waals surface area (Å²) in [5.41, 5.74) is -0.223. The number of thiophene rings is 1. The molecule has 1 saturated heterocycles. The third-order valence-corrected chi connectivity index (χ3v) is 7.58. The number of carbonyl (C=O) groups is 1. The highest BCUT2D eigenvalue weighted by Gasteiger charge is 2.34. The lowest BCUT2D eigenvalue weighted by Crippen LogP contribution is -2.41. The molecule has 2 aromatic heterocycles. The number of H-pyrrole nitrogens is 1. The predicted octanol–water partition coefficient (Wildman–Crippen LogP) is 1.11. The molecule has 7 nitrogen and oxygen atoms in total. The molecule has 0 bridgehead atoms. The van der Waals surface area contributed by atoms with Crippen molar-refractivity contribution in [3.63, 3.8) is 0 Å². The molecule has 0 radical (unpaired) electrons. The Bertz CT molecular complexity index is 934. The maximum Gasteiger partial charge on any atom is 0.260 e. The summed E-state index contributed by atoms with van der Waals surface area (Å²) in [4.78, 5) is 33.7. The van der Waals surface area contributed by atoms with Gasteiger partial charge < -0.3 is 9.88 Å². The van der Waals surface area contributed by atoms with E-state index in [1.165, 1.54) is 28.0 Å². The number of aromatic amines is 1. The van der Waals surface area contributed by atoms with Crippen LogP contribution in [0.3, 0.4) is 0 Å². The van der Waals surface area contributed by atoms with Crippen LogP contribution in [0.25, 0.3) is 10.2 Å². The van der Waals surface area contributed by atoms with E-state index in [-0.39, 0.29) is 29.0 Å². The van der Waals surface area contributed by atoms with Gasteiger partial charge in [-0.25, -0.2) is 13.4 Å². The topological polar surface area (TPSA) is 100 Å². The fourth-order valence-corrected chi connectivity index (χ4v) is 6.16. The normalized spacial score (nSPS) is 21.0. The number of hydrogen-bond donors (Lipinski definition) is 1. The largest absolute Gasteiger partial charge is 0.341 e. The summed E-state index contributed by atoms with van der Waals surface area (Å²) in [6.07, 6.45) is 0.470. The molecule has 0 unspecified atom stereocenters. The van der Waals surface area contributed by atoms with E-state index in [9.17, 15) is 18.0 Å². The summed E-state index contributed by atoms with van der Waals surface area (Å²) in [7, 11) is -1.41. The van der Waals surface area contributed by atoms with Gasteiger partial charge in [-0.3, -0.25) is 9.59 Å². The van der Waals surface area contributed by atoms with Crippen LogP contribution in [0, 0.1) is 0 Å². The summed E-state index contributed by atoms with van der Waals surface area (Å²) in [5, 5.41) is 2.25. The predicted molar refractivity (Wildman–Crippen MR) is 95.4 cm³/mol. The van der Waals surface area contributed by atoms with Crippen LogP contribution in [0.15, 0.2) is 21.4 Å². The quantitative estimate of drug-likeness (QED) is 0.623. The number of thioether (sulfide) groups is 1. The second kappa shape index (κ2) is 6.49. The molecule has 2 atom stereocenters. The first-order valence-corrected chi connectivity index (χ1v) is 11.0. The second-order valence-electron chi connectivity index (χ2n) is 5.78. The molecule has 1 fully saturated rings. The molecule has 2 aromatic rings. The highest BCUT2D eigenvalue weighted by Crippen LogP contribution is 2.25. The Morgan fingerprint density at radius 3 is 2.96 bits per heavy atom. The van der Waals surface area contributed by atoms with E-state index in [2.05, 4.69) is 9.97 Å². The van der Waals surface area contributed by atoms with Gasteiger partial charge in [0.05, 0.1) is 22.1 Å². The Morgan fingerprint density at radius 1 is 1.54 bits per heavy atom. The lowest BCUT2D eigenvalue weighted by atomic mass is 10.2. The maximum absolute atomic E-state index is 12.5. The van der Waals surface area contributed by atoms with E-state index < -0.39 is 15.1 Å². The molecule has 1 aliphatic rings. The monoisotopic (exact) mass is 387 g/mol. The number of rotatable bonds is 4. The fraction of sp³-hybridized carbons (Fsp3) is 0.500. The number of sulfone groups is 1. The van der Waals surface area contributed by atoms with Crippen LogP contribution in [-0.4, -0.2) is 59.0 Å². The first kappa shape index (κ1) is 17.4. The van der Waals surface area contributed by atoms with E-state index in [1.807, 2.05) is 0 Å². The Balaban J connectivity index is 1.72. The van der Waals surface area contributed by atoms with Crippen molar-refractivity contribution in [2.24, 2.45) is 0 Å². The van der Waals surface area contributed by atoms with Gasteiger partial charge in [0.2, 0.25) is 5.91 Å². The van der Waals surface area contributed by atoms with Gasteiger partial charge in [-0.05, 0) is 24.8 Å². The molecule has 1 amide bonds. The number of nitrogens with zero attached hydrogens (tertiary/aromatic N) is 2. The number of amides is 1. The van der Waals surface area contributed by atoms with Gasteiger partial charge in [0.25, 0.3) is 5.56 Å². The van der Waals surface area contributed by atoms with Crippen molar-refractivity contribution in [3.8, 4) is 0 Å². The number of nitrogens with one attached hydrogen (secondary N) is 1. The molecule has 0 saturated carbocycles.